The number of benzene rings is 2. The quantitative estimate of drug-likeness (QED) is 0.735. The number of amides is 1. The predicted molar refractivity (Wildman–Crippen MR) is 102 cm³/mol. The van der Waals surface area contributed by atoms with Gasteiger partial charge in [-0.2, -0.15) is 0 Å². The number of morpholine rings is 1. The minimum atomic E-state index is -4.36. The molecule has 2 N–H and O–H groups in total. The van der Waals surface area contributed by atoms with E-state index in [-0.39, 0.29) is 17.2 Å². The van der Waals surface area contributed by atoms with Crippen molar-refractivity contribution in [3.63, 3.8) is 0 Å². The lowest BCUT2D eigenvalue weighted by Gasteiger charge is -2.27. The molecule has 1 saturated heterocycles. The van der Waals surface area contributed by atoms with Crippen LogP contribution in [0.3, 0.4) is 0 Å². The van der Waals surface area contributed by atoms with Crippen LogP contribution in [0, 0.1) is 5.82 Å². The summed E-state index contributed by atoms with van der Waals surface area (Å²) in [5.41, 5.74) is -0.762. The average molecular weight is 443 g/mol. The number of sulfonamides is 1. The van der Waals surface area contributed by atoms with Crippen LogP contribution in [0.2, 0.25) is 5.02 Å². The summed E-state index contributed by atoms with van der Waals surface area (Å²) in [6, 6.07) is 7.46. The van der Waals surface area contributed by atoms with E-state index in [4.69, 9.17) is 21.4 Å². The maximum absolute atomic E-state index is 13.8. The molecule has 0 atom stereocenters. The Morgan fingerprint density at radius 1 is 1.14 bits per heavy atom. The summed E-state index contributed by atoms with van der Waals surface area (Å²) in [6.07, 6.45) is 0. The molecule has 1 heterocycles. The van der Waals surface area contributed by atoms with Gasteiger partial charge in [0.25, 0.3) is 15.9 Å². The van der Waals surface area contributed by atoms with Crippen LogP contribution in [-0.4, -0.2) is 56.6 Å². The number of nitrogens with one attached hydrogen (secondary N) is 1. The summed E-state index contributed by atoms with van der Waals surface area (Å²) >= 11 is 5.65. The van der Waals surface area contributed by atoms with Crippen LogP contribution in [0.15, 0.2) is 41.3 Å². The highest BCUT2D eigenvalue weighted by atomic mass is 35.5. The third-order valence-corrected chi connectivity index (χ3v) is 5.86. The first kappa shape index (κ1) is 21.0. The Morgan fingerprint density at radius 2 is 1.79 bits per heavy atom. The van der Waals surface area contributed by atoms with Crippen LogP contribution in [0.25, 0.3) is 0 Å². The highest BCUT2D eigenvalue weighted by molar-refractivity contribution is 7.92. The van der Waals surface area contributed by atoms with Crippen LogP contribution >= 0.6 is 11.6 Å². The number of hydrogen-bond acceptors (Lipinski definition) is 5. The molecule has 29 heavy (non-hydrogen) atoms. The summed E-state index contributed by atoms with van der Waals surface area (Å²) in [7, 11) is -4.36. The number of anilines is 1. The molecule has 0 unspecified atom stereocenters. The summed E-state index contributed by atoms with van der Waals surface area (Å²) in [5, 5.41) is 8.41. The zero-order valence-electron chi connectivity index (χ0n) is 14.9. The van der Waals surface area contributed by atoms with Gasteiger partial charge in [-0.25, -0.2) is 17.6 Å². The van der Waals surface area contributed by atoms with Gasteiger partial charge in [0, 0.05) is 13.1 Å². The number of aromatic carboxylic acids is 1. The van der Waals surface area contributed by atoms with E-state index in [2.05, 4.69) is 4.72 Å². The monoisotopic (exact) mass is 442 g/mol. The van der Waals surface area contributed by atoms with Crippen molar-refractivity contribution in [3.05, 3.63) is 58.4 Å². The van der Waals surface area contributed by atoms with Gasteiger partial charge in [-0.15, -0.1) is 0 Å². The van der Waals surface area contributed by atoms with Gasteiger partial charge < -0.3 is 14.7 Å². The first-order chi connectivity index (χ1) is 13.7. The molecule has 0 radical (unpaired) electrons. The largest absolute Gasteiger partial charge is 0.478 e. The van der Waals surface area contributed by atoms with Crippen LogP contribution < -0.4 is 4.72 Å². The second-order valence-electron chi connectivity index (χ2n) is 6.13. The molecule has 0 aliphatic carbocycles. The maximum Gasteiger partial charge on any atom is 0.338 e. The highest BCUT2D eigenvalue weighted by Gasteiger charge is 2.25. The Bertz CT molecular complexity index is 1070. The fourth-order valence-electron chi connectivity index (χ4n) is 2.77. The SMILES string of the molecule is O=C(O)c1cc(S(=O)(=O)Nc2ccccc2C(=O)N2CCOCC2)cc(Cl)c1F. The fourth-order valence-corrected chi connectivity index (χ4v) is 4.19. The van der Waals surface area contributed by atoms with Gasteiger partial charge in [0.05, 0.1) is 39.9 Å². The third kappa shape index (κ3) is 4.50. The van der Waals surface area contributed by atoms with E-state index >= 15 is 0 Å². The zero-order valence-corrected chi connectivity index (χ0v) is 16.5. The van der Waals surface area contributed by atoms with Crippen molar-refractivity contribution in [2.45, 2.75) is 4.90 Å². The lowest BCUT2D eigenvalue weighted by Crippen LogP contribution is -2.41. The Labute approximate surface area is 170 Å². The van der Waals surface area contributed by atoms with E-state index in [1.54, 1.807) is 6.07 Å². The molecule has 1 amide bonds. The Hall–Kier alpha value is -2.69. The van der Waals surface area contributed by atoms with Crippen molar-refractivity contribution in [1.82, 2.24) is 4.90 Å². The van der Waals surface area contributed by atoms with Crippen molar-refractivity contribution in [3.8, 4) is 0 Å². The number of nitrogens with zero attached hydrogens (tertiary/aromatic N) is 1. The smallest absolute Gasteiger partial charge is 0.338 e. The average Bonchev–Trinajstić information content (AvgIpc) is 2.70. The number of para-hydroxylation sites is 1. The standard InChI is InChI=1S/C18H16ClFN2O6S/c19-14-10-11(9-13(16(14)20)18(24)25)29(26,27)21-15-4-2-1-3-12(15)17(23)22-5-7-28-8-6-22/h1-4,9-10,21H,5-8H2,(H,24,25). The Kier molecular flexibility index (Phi) is 6.06. The molecule has 0 bridgehead atoms. The van der Waals surface area contributed by atoms with Crippen LogP contribution in [-0.2, 0) is 14.8 Å². The molecule has 1 aliphatic heterocycles. The lowest BCUT2D eigenvalue weighted by atomic mass is 10.1. The normalized spacial score (nSPS) is 14.5. The number of carboxylic acid groups (broad SMARTS) is 1. The summed E-state index contributed by atoms with van der Waals surface area (Å²) in [4.78, 5) is 24.9. The third-order valence-electron chi connectivity index (χ3n) is 4.24. The van der Waals surface area contributed by atoms with E-state index < -0.39 is 37.3 Å². The zero-order chi connectivity index (χ0) is 21.2. The second-order valence-corrected chi connectivity index (χ2v) is 8.22. The lowest BCUT2D eigenvalue weighted by molar-refractivity contribution is 0.0303. The Morgan fingerprint density at radius 3 is 2.45 bits per heavy atom. The predicted octanol–water partition coefficient (Wildman–Crippen LogP) is 2.45. The van der Waals surface area contributed by atoms with E-state index in [0.717, 1.165) is 6.07 Å². The van der Waals surface area contributed by atoms with Gasteiger partial charge in [-0.3, -0.25) is 9.52 Å². The number of rotatable bonds is 5. The highest BCUT2D eigenvalue weighted by Crippen LogP contribution is 2.27. The van der Waals surface area contributed by atoms with E-state index in [9.17, 15) is 22.4 Å². The van der Waals surface area contributed by atoms with E-state index in [1.807, 2.05) is 0 Å². The van der Waals surface area contributed by atoms with Gasteiger partial charge in [-0.1, -0.05) is 23.7 Å². The van der Waals surface area contributed by atoms with E-state index in [1.165, 1.54) is 23.1 Å². The van der Waals surface area contributed by atoms with Gasteiger partial charge >= 0.3 is 5.97 Å². The number of ether oxygens (including phenoxy) is 1. The molecule has 0 spiro atoms. The minimum Gasteiger partial charge on any atom is -0.478 e. The van der Waals surface area contributed by atoms with Crippen LogP contribution in [0.5, 0.6) is 0 Å². The van der Waals surface area contributed by atoms with Gasteiger partial charge in [0.15, 0.2) is 5.82 Å². The maximum atomic E-state index is 13.8. The Balaban J connectivity index is 1.96. The molecular formula is C18H16ClFN2O6S. The number of hydrogen-bond donors (Lipinski definition) is 2. The molecule has 3 rings (SSSR count). The van der Waals surface area contributed by atoms with Gasteiger partial charge in [-0.05, 0) is 24.3 Å². The molecule has 2 aromatic rings. The van der Waals surface area contributed by atoms with Crippen molar-refractivity contribution < 1.29 is 32.2 Å². The van der Waals surface area contributed by atoms with Crippen molar-refractivity contribution >= 4 is 39.2 Å². The fraction of sp³-hybridized carbons (Fsp3) is 0.222. The molecular weight excluding hydrogens is 427 g/mol. The number of carbonyl (C=O) groups is 2. The molecule has 8 nitrogen and oxygen atoms in total. The number of carbonyl (C=O) groups excluding carboxylic acids is 1. The summed E-state index contributed by atoms with van der Waals surface area (Å²) in [5.74, 6) is -3.28. The summed E-state index contributed by atoms with van der Waals surface area (Å²) in [6.45, 7) is 1.50. The van der Waals surface area contributed by atoms with Crippen molar-refractivity contribution in [1.29, 1.82) is 0 Å². The minimum absolute atomic E-state index is 0.00122. The van der Waals surface area contributed by atoms with E-state index in [0.29, 0.717) is 32.4 Å². The van der Waals surface area contributed by atoms with Crippen molar-refractivity contribution in [2.24, 2.45) is 0 Å². The summed E-state index contributed by atoms with van der Waals surface area (Å²) < 4.78 is 46.8. The molecule has 0 aromatic heterocycles. The first-order valence-electron chi connectivity index (χ1n) is 8.42. The van der Waals surface area contributed by atoms with Crippen LogP contribution in [0.4, 0.5) is 10.1 Å². The van der Waals surface area contributed by atoms with Gasteiger partial charge in [0.1, 0.15) is 0 Å². The van der Waals surface area contributed by atoms with Crippen LogP contribution in [0.1, 0.15) is 20.7 Å². The molecule has 1 aliphatic rings. The molecule has 2 aromatic carbocycles. The van der Waals surface area contributed by atoms with Crippen molar-refractivity contribution in [2.75, 3.05) is 31.0 Å². The van der Waals surface area contributed by atoms with Gasteiger partial charge in [0.2, 0.25) is 0 Å². The number of carboxylic acids is 1. The number of halogens is 2. The first-order valence-corrected chi connectivity index (χ1v) is 10.3. The molecule has 11 heteroatoms. The topological polar surface area (TPSA) is 113 Å². The molecule has 0 saturated carbocycles. The second kappa shape index (κ2) is 8.36. The molecule has 154 valence electrons. The molecule has 1 fully saturated rings.